The van der Waals surface area contributed by atoms with Gasteiger partial charge in [-0.25, -0.2) is 0 Å². The SMILES string of the molecule is CC(C)(C)c1cccc(CN[C@@H]2[C@H]3CC[C@@](C)([C@@H]2O)C3(C)C)c1O. The molecule has 3 rings (SSSR count). The van der Waals surface area contributed by atoms with E-state index in [9.17, 15) is 10.2 Å². The molecule has 4 atom stereocenters. The fourth-order valence-corrected chi connectivity index (χ4v) is 5.16. The molecule has 2 bridgehead atoms. The van der Waals surface area contributed by atoms with Crippen molar-refractivity contribution in [3.05, 3.63) is 29.3 Å². The van der Waals surface area contributed by atoms with Crippen LogP contribution < -0.4 is 5.32 Å². The normalized spacial score (nSPS) is 34.7. The van der Waals surface area contributed by atoms with Gasteiger partial charge in [0, 0.05) is 23.6 Å². The highest BCUT2D eigenvalue weighted by Gasteiger charge is 2.65. The fraction of sp³-hybridized carbons (Fsp3) is 0.714. The topological polar surface area (TPSA) is 52.5 Å². The van der Waals surface area contributed by atoms with Crippen molar-refractivity contribution in [1.82, 2.24) is 5.32 Å². The standard InChI is InChI=1S/C21H33NO2/c1-19(2,3)15-9-7-8-13(17(15)23)12-22-16-14-10-11-21(6,18(16)24)20(14,4)5/h7-9,14,16,18,22-24H,10-12H2,1-6H3/t14-,16-,18-,21+/m1/s1. The molecule has 0 unspecified atom stereocenters. The molecule has 0 heterocycles. The molecule has 0 radical (unpaired) electrons. The minimum atomic E-state index is -0.320. The first-order chi connectivity index (χ1) is 11.0. The number of phenolic OH excluding ortho intramolecular Hbond substituents is 1. The van der Waals surface area contributed by atoms with Crippen molar-refractivity contribution in [2.75, 3.05) is 0 Å². The van der Waals surface area contributed by atoms with Gasteiger partial charge in [-0.3, -0.25) is 0 Å². The molecule has 0 aliphatic heterocycles. The van der Waals surface area contributed by atoms with Crippen molar-refractivity contribution in [2.45, 2.75) is 78.5 Å². The lowest BCUT2D eigenvalue weighted by Gasteiger charge is -2.37. The molecule has 3 N–H and O–H groups in total. The Balaban J connectivity index is 1.79. The molecule has 1 aromatic carbocycles. The number of benzene rings is 1. The van der Waals surface area contributed by atoms with Gasteiger partial charge in [-0.1, -0.05) is 59.7 Å². The summed E-state index contributed by atoms with van der Waals surface area (Å²) in [6.45, 7) is 13.8. The maximum Gasteiger partial charge on any atom is 0.123 e. The van der Waals surface area contributed by atoms with E-state index >= 15 is 0 Å². The molecular weight excluding hydrogens is 298 g/mol. The van der Waals surface area contributed by atoms with E-state index in [0.29, 0.717) is 18.2 Å². The highest BCUT2D eigenvalue weighted by atomic mass is 16.3. The van der Waals surface area contributed by atoms with Gasteiger partial charge in [-0.05, 0) is 35.2 Å². The molecule has 2 saturated carbocycles. The van der Waals surface area contributed by atoms with Crippen LogP contribution in [0.1, 0.15) is 65.5 Å². The maximum atomic E-state index is 10.9. The molecule has 24 heavy (non-hydrogen) atoms. The predicted octanol–water partition coefficient (Wildman–Crippen LogP) is 3.96. The van der Waals surface area contributed by atoms with Gasteiger partial charge in [-0.2, -0.15) is 0 Å². The predicted molar refractivity (Wildman–Crippen MR) is 98.1 cm³/mol. The van der Waals surface area contributed by atoms with Crippen molar-refractivity contribution in [1.29, 1.82) is 0 Å². The third kappa shape index (κ3) is 2.40. The lowest BCUT2D eigenvalue weighted by Crippen LogP contribution is -2.46. The number of rotatable bonds is 3. The second-order valence-corrected chi connectivity index (χ2v) is 9.70. The highest BCUT2D eigenvalue weighted by molar-refractivity contribution is 5.44. The average Bonchev–Trinajstić information content (AvgIpc) is 2.78. The Labute approximate surface area is 146 Å². The molecule has 2 aliphatic carbocycles. The quantitative estimate of drug-likeness (QED) is 0.785. The van der Waals surface area contributed by atoms with Crippen LogP contribution in [0.4, 0.5) is 0 Å². The number of hydrogen-bond donors (Lipinski definition) is 3. The molecule has 1 aromatic rings. The summed E-state index contributed by atoms with van der Waals surface area (Å²) in [6.07, 6.45) is 1.96. The van der Waals surface area contributed by atoms with Gasteiger partial charge in [0.15, 0.2) is 0 Å². The third-order valence-electron chi connectivity index (χ3n) is 7.26. The summed E-state index contributed by atoms with van der Waals surface area (Å²) in [5.41, 5.74) is 1.95. The minimum Gasteiger partial charge on any atom is -0.507 e. The fourth-order valence-electron chi connectivity index (χ4n) is 5.16. The zero-order valence-corrected chi connectivity index (χ0v) is 16.0. The molecule has 0 saturated heterocycles. The number of aliphatic hydroxyl groups is 1. The van der Waals surface area contributed by atoms with Crippen LogP contribution in [-0.4, -0.2) is 22.4 Å². The van der Waals surface area contributed by atoms with E-state index in [1.165, 1.54) is 6.42 Å². The Morgan fingerprint density at radius 1 is 1.21 bits per heavy atom. The van der Waals surface area contributed by atoms with E-state index in [1.54, 1.807) is 0 Å². The molecule has 0 amide bonds. The molecular formula is C21H33NO2. The van der Waals surface area contributed by atoms with Crippen LogP contribution in [0.25, 0.3) is 0 Å². The first kappa shape index (κ1) is 17.8. The summed E-state index contributed by atoms with van der Waals surface area (Å²) >= 11 is 0. The summed E-state index contributed by atoms with van der Waals surface area (Å²) in [7, 11) is 0. The molecule has 3 nitrogen and oxygen atoms in total. The molecule has 3 heteroatoms. The highest BCUT2D eigenvalue weighted by Crippen LogP contribution is 2.65. The van der Waals surface area contributed by atoms with Crippen molar-refractivity contribution in [2.24, 2.45) is 16.7 Å². The Kier molecular flexibility index (Phi) is 4.05. The van der Waals surface area contributed by atoms with E-state index in [1.807, 2.05) is 18.2 Å². The number of fused-ring (bicyclic) bond motifs is 2. The second kappa shape index (κ2) is 5.47. The van der Waals surface area contributed by atoms with Crippen molar-refractivity contribution < 1.29 is 10.2 Å². The van der Waals surface area contributed by atoms with Crippen molar-refractivity contribution in [3.8, 4) is 5.75 Å². The van der Waals surface area contributed by atoms with Gasteiger partial charge < -0.3 is 15.5 Å². The summed E-state index contributed by atoms with van der Waals surface area (Å²) in [6, 6.07) is 6.09. The average molecular weight is 332 g/mol. The first-order valence-corrected chi connectivity index (χ1v) is 9.23. The van der Waals surface area contributed by atoms with Crippen LogP contribution >= 0.6 is 0 Å². The van der Waals surface area contributed by atoms with E-state index < -0.39 is 0 Å². The number of phenols is 1. The maximum absolute atomic E-state index is 10.9. The Bertz CT molecular complexity index is 631. The van der Waals surface area contributed by atoms with Crippen LogP contribution in [0.5, 0.6) is 5.75 Å². The van der Waals surface area contributed by atoms with E-state index in [0.717, 1.165) is 17.5 Å². The molecule has 2 aliphatic rings. The van der Waals surface area contributed by atoms with E-state index in [4.69, 9.17) is 0 Å². The number of hydrogen-bond acceptors (Lipinski definition) is 3. The van der Waals surface area contributed by atoms with E-state index in [-0.39, 0.29) is 28.4 Å². The van der Waals surface area contributed by atoms with Gasteiger partial charge in [0.1, 0.15) is 5.75 Å². The lowest BCUT2D eigenvalue weighted by molar-refractivity contribution is -0.000207. The molecule has 0 spiro atoms. The van der Waals surface area contributed by atoms with Crippen molar-refractivity contribution >= 4 is 0 Å². The van der Waals surface area contributed by atoms with Crippen LogP contribution in [-0.2, 0) is 12.0 Å². The summed E-state index contributed by atoms with van der Waals surface area (Å²) in [4.78, 5) is 0. The Morgan fingerprint density at radius 3 is 2.42 bits per heavy atom. The van der Waals surface area contributed by atoms with Crippen LogP contribution in [0.2, 0.25) is 0 Å². The van der Waals surface area contributed by atoms with Gasteiger partial charge in [0.2, 0.25) is 0 Å². The monoisotopic (exact) mass is 331 g/mol. The summed E-state index contributed by atoms with van der Waals surface area (Å²) < 4.78 is 0. The van der Waals surface area contributed by atoms with Gasteiger partial charge in [0.25, 0.3) is 0 Å². The molecule has 134 valence electrons. The minimum absolute atomic E-state index is 0.00929. The third-order valence-corrected chi connectivity index (χ3v) is 7.26. The number of aliphatic hydroxyl groups excluding tert-OH is 1. The van der Waals surface area contributed by atoms with Gasteiger partial charge >= 0.3 is 0 Å². The summed E-state index contributed by atoms with van der Waals surface area (Å²) in [5, 5.41) is 25.1. The lowest BCUT2D eigenvalue weighted by atomic mass is 9.70. The smallest absolute Gasteiger partial charge is 0.123 e. The van der Waals surface area contributed by atoms with Crippen LogP contribution in [0, 0.1) is 16.7 Å². The Hall–Kier alpha value is -1.06. The molecule has 0 aromatic heterocycles. The Morgan fingerprint density at radius 2 is 1.88 bits per heavy atom. The first-order valence-electron chi connectivity index (χ1n) is 9.23. The van der Waals surface area contributed by atoms with Crippen LogP contribution in [0.15, 0.2) is 18.2 Å². The largest absolute Gasteiger partial charge is 0.507 e. The van der Waals surface area contributed by atoms with E-state index in [2.05, 4.69) is 46.9 Å². The number of nitrogens with one attached hydrogen (secondary N) is 1. The molecule has 2 fully saturated rings. The second-order valence-electron chi connectivity index (χ2n) is 9.70. The van der Waals surface area contributed by atoms with Gasteiger partial charge in [0.05, 0.1) is 6.10 Å². The van der Waals surface area contributed by atoms with Crippen molar-refractivity contribution in [3.63, 3.8) is 0 Å². The zero-order valence-electron chi connectivity index (χ0n) is 16.0. The zero-order chi connectivity index (χ0) is 17.9. The van der Waals surface area contributed by atoms with Gasteiger partial charge in [-0.15, -0.1) is 0 Å². The summed E-state index contributed by atoms with van der Waals surface area (Å²) in [5.74, 6) is 0.881. The number of para-hydroxylation sites is 1. The number of aromatic hydroxyl groups is 1. The van der Waals surface area contributed by atoms with Crippen LogP contribution in [0.3, 0.4) is 0 Å².